The van der Waals surface area contributed by atoms with Gasteiger partial charge in [-0.1, -0.05) is 36.1 Å². The molecule has 1 aliphatic carbocycles. The summed E-state index contributed by atoms with van der Waals surface area (Å²) >= 11 is 0. The van der Waals surface area contributed by atoms with E-state index in [1.807, 2.05) is 48.5 Å². The molecule has 2 aromatic carbocycles. The van der Waals surface area contributed by atoms with Crippen molar-refractivity contribution in [3.8, 4) is 23.3 Å². The molecule has 31 heavy (non-hydrogen) atoms. The van der Waals surface area contributed by atoms with Crippen LogP contribution in [0.2, 0.25) is 0 Å². The standard InChI is InChI=1S/C26H29NO4/c1-20(29)17-27(19-28)18-23(13-12-21-8-4-3-5-9-21)22-14-15-25(30-2)26(16-22)31-24-10-6-7-11-24/h3-5,8-9,14-16,19,23-24H,6-7,10-11,17-18H2,1-2H3. The molecule has 0 saturated heterocycles. The first-order valence-electron chi connectivity index (χ1n) is 10.7. The summed E-state index contributed by atoms with van der Waals surface area (Å²) in [7, 11) is 1.63. The molecule has 0 aromatic heterocycles. The van der Waals surface area contributed by atoms with Crippen LogP contribution in [0.15, 0.2) is 48.5 Å². The van der Waals surface area contributed by atoms with Gasteiger partial charge in [0.2, 0.25) is 6.41 Å². The van der Waals surface area contributed by atoms with Crippen LogP contribution in [0.5, 0.6) is 11.5 Å². The van der Waals surface area contributed by atoms with Crippen LogP contribution in [-0.2, 0) is 9.59 Å². The number of benzene rings is 2. The molecule has 5 nitrogen and oxygen atoms in total. The Balaban J connectivity index is 1.92. The predicted octanol–water partition coefficient (Wildman–Crippen LogP) is 4.20. The van der Waals surface area contributed by atoms with Crippen LogP contribution >= 0.6 is 0 Å². The van der Waals surface area contributed by atoms with Gasteiger partial charge in [-0.05, 0) is 62.4 Å². The second-order valence-electron chi connectivity index (χ2n) is 7.86. The number of carbonyl (C=O) groups excluding carboxylic acids is 2. The van der Waals surface area contributed by atoms with Crippen LogP contribution in [-0.4, -0.2) is 43.4 Å². The Labute approximate surface area is 184 Å². The summed E-state index contributed by atoms with van der Waals surface area (Å²) in [6.07, 6.45) is 5.35. The van der Waals surface area contributed by atoms with E-state index < -0.39 is 0 Å². The van der Waals surface area contributed by atoms with Gasteiger partial charge in [-0.3, -0.25) is 9.59 Å². The Hall–Kier alpha value is -3.26. The molecule has 5 heteroatoms. The lowest BCUT2D eigenvalue weighted by Crippen LogP contribution is -2.31. The van der Waals surface area contributed by atoms with Crippen LogP contribution in [0.3, 0.4) is 0 Å². The summed E-state index contributed by atoms with van der Waals surface area (Å²) in [6.45, 7) is 1.86. The summed E-state index contributed by atoms with van der Waals surface area (Å²) in [4.78, 5) is 24.6. The topological polar surface area (TPSA) is 55.8 Å². The smallest absolute Gasteiger partial charge is 0.210 e. The number of rotatable bonds is 9. The van der Waals surface area contributed by atoms with Crippen LogP contribution in [0.4, 0.5) is 0 Å². The second-order valence-corrected chi connectivity index (χ2v) is 7.86. The molecule has 0 N–H and O–H groups in total. The molecule has 0 spiro atoms. The van der Waals surface area contributed by atoms with Crippen molar-refractivity contribution in [1.82, 2.24) is 4.90 Å². The van der Waals surface area contributed by atoms with E-state index in [0.717, 1.165) is 24.0 Å². The third-order valence-electron chi connectivity index (χ3n) is 5.34. The Morgan fingerprint density at radius 1 is 1.16 bits per heavy atom. The number of ketones is 1. The normalized spacial score (nSPS) is 14.3. The molecule has 0 heterocycles. The second kappa shape index (κ2) is 11.2. The fourth-order valence-corrected chi connectivity index (χ4v) is 3.78. The maximum Gasteiger partial charge on any atom is 0.210 e. The number of nitrogens with zero attached hydrogens (tertiary/aromatic N) is 1. The Morgan fingerprint density at radius 3 is 2.55 bits per heavy atom. The Morgan fingerprint density at radius 2 is 1.90 bits per heavy atom. The van der Waals surface area contributed by atoms with Crippen LogP contribution in [0.25, 0.3) is 0 Å². The predicted molar refractivity (Wildman–Crippen MR) is 120 cm³/mol. The summed E-state index contributed by atoms with van der Waals surface area (Å²) in [6, 6.07) is 15.5. The summed E-state index contributed by atoms with van der Waals surface area (Å²) in [5.41, 5.74) is 1.82. The van der Waals surface area contributed by atoms with Gasteiger partial charge < -0.3 is 14.4 Å². The third kappa shape index (κ3) is 6.62. The average molecular weight is 420 g/mol. The molecule has 3 rings (SSSR count). The van der Waals surface area contributed by atoms with Crippen molar-refractivity contribution >= 4 is 12.2 Å². The van der Waals surface area contributed by atoms with Crippen molar-refractivity contribution in [2.75, 3.05) is 20.2 Å². The van der Waals surface area contributed by atoms with Gasteiger partial charge in [0, 0.05) is 12.1 Å². The van der Waals surface area contributed by atoms with Gasteiger partial charge in [0.1, 0.15) is 5.78 Å². The number of ether oxygens (including phenoxy) is 2. The highest BCUT2D eigenvalue weighted by molar-refractivity contribution is 5.79. The molecule has 1 atom stereocenters. The molecule has 1 fully saturated rings. The van der Waals surface area contributed by atoms with Gasteiger partial charge in [-0.25, -0.2) is 0 Å². The molecule has 0 bridgehead atoms. The van der Waals surface area contributed by atoms with Crippen LogP contribution < -0.4 is 9.47 Å². The minimum absolute atomic E-state index is 0.0641. The molecule has 1 saturated carbocycles. The SMILES string of the molecule is COc1ccc(C(C#Cc2ccccc2)CN(C=O)CC(C)=O)cc1OC1CCCC1. The molecule has 1 unspecified atom stereocenters. The largest absolute Gasteiger partial charge is 0.493 e. The number of hydrogen-bond acceptors (Lipinski definition) is 4. The Bertz CT molecular complexity index is 939. The van der Waals surface area contributed by atoms with E-state index in [0.29, 0.717) is 24.5 Å². The zero-order valence-electron chi connectivity index (χ0n) is 18.2. The van der Waals surface area contributed by atoms with Crippen LogP contribution in [0.1, 0.15) is 49.7 Å². The van der Waals surface area contributed by atoms with Crippen molar-refractivity contribution < 1.29 is 19.1 Å². The highest BCUT2D eigenvalue weighted by Gasteiger charge is 2.21. The van der Waals surface area contributed by atoms with Crippen molar-refractivity contribution in [3.63, 3.8) is 0 Å². The molecule has 2 aromatic rings. The monoisotopic (exact) mass is 419 g/mol. The first kappa shape index (κ1) is 22.4. The molecule has 0 aliphatic heterocycles. The number of Topliss-reactive ketones (excluding diaryl/α,β-unsaturated/α-hetero) is 1. The highest BCUT2D eigenvalue weighted by Crippen LogP contribution is 2.34. The van der Waals surface area contributed by atoms with Gasteiger partial charge in [-0.2, -0.15) is 0 Å². The molecular weight excluding hydrogens is 390 g/mol. The van der Waals surface area contributed by atoms with Crippen molar-refractivity contribution in [3.05, 3.63) is 59.7 Å². The van der Waals surface area contributed by atoms with E-state index in [1.165, 1.54) is 24.7 Å². The number of carbonyl (C=O) groups is 2. The quantitative estimate of drug-likeness (QED) is 0.452. The fraction of sp³-hybridized carbons (Fsp3) is 0.385. The van der Waals surface area contributed by atoms with E-state index in [9.17, 15) is 9.59 Å². The fourth-order valence-electron chi connectivity index (χ4n) is 3.78. The average Bonchev–Trinajstić information content (AvgIpc) is 3.29. The van der Waals surface area contributed by atoms with Gasteiger partial charge in [-0.15, -0.1) is 0 Å². The maximum atomic E-state index is 11.6. The maximum absolute atomic E-state index is 11.6. The van der Waals surface area contributed by atoms with Crippen molar-refractivity contribution in [2.24, 2.45) is 0 Å². The minimum atomic E-state index is -0.276. The van der Waals surface area contributed by atoms with E-state index in [-0.39, 0.29) is 24.3 Å². The lowest BCUT2D eigenvalue weighted by atomic mass is 9.97. The van der Waals surface area contributed by atoms with E-state index >= 15 is 0 Å². The molecule has 0 radical (unpaired) electrons. The number of methoxy groups -OCH3 is 1. The highest BCUT2D eigenvalue weighted by atomic mass is 16.5. The molecule has 1 aliphatic rings. The molecule has 1 amide bonds. The van der Waals surface area contributed by atoms with Crippen LogP contribution in [0, 0.1) is 11.8 Å². The van der Waals surface area contributed by atoms with Crippen molar-refractivity contribution in [2.45, 2.75) is 44.6 Å². The Kier molecular flexibility index (Phi) is 8.12. The van der Waals surface area contributed by atoms with E-state index in [4.69, 9.17) is 9.47 Å². The number of hydrogen-bond donors (Lipinski definition) is 0. The zero-order chi connectivity index (χ0) is 22.1. The van der Waals surface area contributed by atoms with Gasteiger partial charge in [0.15, 0.2) is 11.5 Å². The lowest BCUT2D eigenvalue weighted by Gasteiger charge is -2.22. The van der Waals surface area contributed by atoms with Gasteiger partial charge >= 0.3 is 0 Å². The zero-order valence-corrected chi connectivity index (χ0v) is 18.2. The molecule has 162 valence electrons. The van der Waals surface area contributed by atoms with E-state index in [1.54, 1.807) is 7.11 Å². The number of amides is 1. The summed E-state index contributed by atoms with van der Waals surface area (Å²) < 4.78 is 11.7. The lowest BCUT2D eigenvalue weighted by molar-refractivity contribution is -0.125. The summed E-state index contributed by atoms with van der Waals surface area (Å²) in [5.74, 6) is 7.52. The van der Waals surface area contributed by atoms with Gasteiger partial charge in [0.25, 0.3) is 0 Å². The summed E-state index contributed by atoms with van der Waals surface area (Å²) in [5, 5.41) is 0. The van der Waals surface area contributed by atoms with Gasteiger partial charge in [0.05, 0.1) is 25.7 Å². The molecular formula is C26H29NO4. The third-order valence-corrected chi connectivity index (χ3v) is 5.34. The van der Waals surface area contributed by atoms with E-state index in [2.05, 4.69) is 11.8 Å². The first-order valence-corrected chi connectivity index (χ1v) is 10.7. The first-order chi connectivity index (χ1) is 15.1. The minimum Gasteiger partial charge on any atom is -0.493 e. The van der Waals surface area contributed by atoms with Crippen molar-refractivity contribution in [1.29, 1.82) is 0 Å².